The van der Waals surface area contributed by atoms with Gasteiger partial charge in [0.05, 0.1) is 5.25 Å². The van der Waals surface area contributed by atoms with E-state index in [0.717, 1.165) is 25.7 Å². The van der Waals surface area contributed by atoms with Gasteiger partial charge in [-0.2, -0.15) is 0 Å². The van der Waals surface area contributed by atoms with E-state index in [9.17, 15) is 4.79 Å². The van der Waals surface area contributed by atoms with Crippen LogP contribution < -0.4 is 5.32 Å². The molecule has 0 bridgehead atoms. The minimum Gasteiger partial charge on any atom is -0.338 e. The molecule has 2 aromatic heterocycles. The van der Waals surface area contributed by atoms with Gasteiger partial charge < -0.3 is 10.3 Å². The van der Waals surface area contributed by atoms with Crippen molar-refractivity contribution in [2.75, 3.05) is 5.32 Å². The molecule has 0 saturated heterocycles. The third-order valence-electron chi connectivity index (χ3n) is 4.13. The zero-order valence-electron chi connectivity index (χ0n) is 14.4. The zero-order valence-corrected chi connectivity index (χ0v) is 17.4. The molecule has 6 nitrogen and oxygen atoms in total. The summed E-state index contributed by atoms with van der Waals surface area (Å²) in [5, 5.41) is 12.7. The van der Waals surface area contributed by atoms with Crippen molar-refractivity contribution in [3.63, 3.8) is 0 Å². The minimum atomic E-state index is -0.298. The van der Waals surface area contributed by atoms with Gasteiger partial charge >= 0.3 is 0 Å². The van der Waals surface area contributed by atoms with Crippen molar-refractivity contribution >= 4 is 68.0 Å². The Kier molecular flexibility index (Phi) is 5.26. The first-order valence-electron chi connectivity index (χ1n) is 8.48. The second kappa shape index (κ2) is 7.81. The number of para-hydroxylation sites is 1. The minimum absolute atomic E-state index is 0.0657. The maximum atomic E-state index is 12.6. The average Bonchev–Trinajstić information content (AvgIpc) is 3.05. The highest BCUT2D eigenvalue weighted by Crippen LogP contribution is 2.27. The highest BCUT2D eigenvalue weighted by atomic mass is 127. The molecule has 0 radical (unpaired) electrons. The Morgan fingerprint density at radius 1 is 1.19 bits per heavy atom. The van der Waals surface area contributed by atoms with Crippen LogP contribution in [0.15, 0.2) is 53.7 Å². The molecule has 4 rings (SSSR count). The summed E-state index contributed by atoms with van der Waals surface area (Å²) in [4.78, 5) is 20.4. The number of H-pyrrole nitrogens is 1. The largest absolute Gasteiger partial charge is 0.338 e. The number of hydrogen-bond acceptors (Lipinski definition) is 5. The maximum Gasteiger partial charge on any atom is 0.237 e. The first-order chi connectivity index (χ1) is 13.1. The van der Waals surface area contributed by atoms with Crippen LogP contribution in [-0.4, -0.2) is 31.3 Å². The standard InChI is InChI=1S/C19H16IN5OS/c1-2-15(18(26)21-12-9-7-11(20)8-10-12)27-19-23-17-16(24-25-19)13-5-3-4-6-14(13)22-17/h3-10,15H,2H2,1H3,(H,21,26)(H,22,23,25). The Labute approximate surface area is 173 Å². The lowest BCUT2D eigenvalue weighted by Crippen LogP contribution is -2.24. The highest BCUT2D eigenvalue weighted by molar-refractivity contribution is 14.1. The Bertz CT molecular complexity index is 1110. The topological polar surface area (TPSA) is 83.6 Å². The summed E-state index contributed by atoms with van der Waals surface area (Å²) in [6, 6.07) is 15.6. The van der Waals surface area contributed by atoms with Crippen LogP contribution in [0.25, 0.3) is 22.1 Å². The highest BCUT2D eigenvalue weighted by Gasteiger charge is 2.20. The SMILES string of the molecule is CCC(Sc1nnc2c(n1)[nH]c1ccccc12)C(=O)Nc1ccc(I)cc1. The van der Waals surface area contributed by atoms with E-state index in [1.165, 1.54) is 11.8 Å². The molecule has 0 saturated carbocycles. The molecule has 8 heteroatoms. The van der Waals surface area contributed by atoms with Gasteiger partial charge in [-0.25, -0.2) is 4.98 Å². The fraction of sp³-hybridized carbons (Fsp3) is 0.158. The summed E-state index contributed by atoms with van der Waals surface area (Å²) in [6.45, 7) is 1.97. The number of fused-ring (bicyclic) bond motifs is 3. The number of carbonyl (C=O) groups is 1. The molecule has 0 fully saturated rings. The summed E-state index contributed by atoms with van der Waals surface area (Å²) in [5.41, 5.74) is 3.18. The lowest BCUT2D eigenvalue weighted by Gasteiger charge is -2.13. The summed E-state index contributed by atoms with van der Waals surface area (Å²) in [6.07, 6.45) is 0.662. The second-order valence-corrected chi connectivity index (χ2v) is 8.39. The van der Waals surface area contributed by atoms with Crippen molar-refractivity contribution in [1.29, 1.82) is 0 Å². The Hall–Kier alpha value is -2.20. The predicted molar refractivity (Wildman–Crippen MR) is 117 cm³/mol. The molecule has 1 unspecified atom stereocenters. The molecule has 0 spiro atoms. The first kappa shape index (κ1) is 18.2. The van der Waals surface area contributed by atoms with Crippen molar-refractivity contribution in [1.82, 2.24) is 20.2 Å². The Morgan fingerprint density at radius 2 is 1.96 bits per heavy atom. The van der Waals surface area contributed by atoms with E-state index >= 15 is 0 Å². The number of thioether (sulfide) groups is 1. The quantitative estimate of drug-likeness (QED) is 0.316. The number of nitrogens with zero attached hydrogens (tertiary/aromatic N) is 3. The van der Waals surface area contributed by atoms with Gasteiger partial charge in [0.15, 0.2) is 5.65 Å². The lowest BCUT2D eigenvalue weighted by atomic mass is 10.2. The monoisotopic (exact) mass is 489 g/mol. The molecule has 4 aromatic rings. The number of aromatic nitrogens is 4. The van der Waals surface area contributed by atoms with Gasteiger partial charge in [-0.15, -0.1) is 10.2 Å². The van der Waals surface area contributed by atoms with E-state index in [1.54, 1.807) is 0 Å². The second-order valence-electron chi connectivity index (χ2n) is 5.97. The van der Waals surface area contributed by atoms with Gasteiger partial charge in [-0.3, -0.25) is 4.79 Å². The average molecular weight is 489 g/mol. The first-order valence-corrected chi connectivity index (χ1v) is 10.4. The molecule has 2 N–H and O–H groups in total. The normalized spacial score (nSPS) is 12.4. The number of anilines is 1. The van der Waals surface area contributed by atoms with Crippen LogP contribution in [0.5, 0.6) is 0 Å². The zero-order chi connectivity index (χ0) is 18.8. The molecular weight excluding hydrogens is 473 g/mol. The molecule has 0 aliphatic carbocycles. The van der Waals surface area contributed by atoms with E-state index in [4.69, 9.17) is 0 Å². The third kappa shape index (κ3) is 3.91. The van der Waals surface area contributed by atoms with Crippen molar-refractivity contribution in [3.8, 4) is 0 Å². The molecule has 0 aliphatic heterocycles. The van der Waals surface area contributed by atoms with Gasteiger partial charge in [-0.1, -0.05) is 36.9 Å². The number of amides is 1. The van der Waals surface area contributed by atoms with E-state index < -0.39 is 0 Å². The molecule has 2 aromatic carbocycles. The number of hydrogen-bond donors (Lipinski definition) is 2. The molecule has 1 amide bonds. The lowest BCUT2D eigenvalue weighted by molar-refractivity contribution is -0.115. The van der Waals surface area contributed by atoms with Gasteiger partial charge in [0.2, 0.25) is 11.1 Å². The summed E-state index contributed by atoms with van der Waals surface area (Å²) >= 11 is 3.56. The van der Waals surface area contributed by atoms with E-state index in [2.05, 4.69) is 48.1 Å². The van der Waals surface area contributed by atoms with Crippen LogP contribution in [0.3, 0.4) is 0 Å². The molecule has 2 heterocycles. The van der Waals surface area contributed by atoms with Gasteiger partial charge in [0.1, 0.15) is 5.52 Å². The summed E-state index contributed by atoms with van der Waals surface area (Å²) in [7, 11) is 0. The Morgan fingerprint density at radius 3 is 2.74 bits per heavy atom. The fourth-order valence-corrected chi connectivity index (χ4v) is 3.94. The molecule has 136 valence electrons. The smallest absolute Gasteiger partial charge is 0.237 e. The van der Waals surface area contributed by atoms with Crippen molar-refractivity contribution < 1.29 is 4.79 Å². The van der Waals surface area contributed by atoms with E-state index in [0.29, 0.717) is 17.2 Å². The molecule has 1 atom stereocenters. The molecular formula is C19H16IN5OS. The van der Waals surface area contributed by atoms with Gasteiger partial charge in [0.25, 0.3) is 0 Å². The van der Waals surface area contributed by atoms with Crippen LogP contribution in [0, 0.1) is 3.57 Å². The third-order valence-corrected chi connectivity index (χ3v) is 6.06. The summed E-state index contributed by atoms with van der Waals surface area (Å²) < 4.78 is 1.12. The van der Waals surface area contributed by atoms with Gasteiger partial charge in [0, 0.05) is 20.2 Å². The van der Waals surface area contributed by atoms with Crippen LogP contribution in [-0.2, 0) is 4.79 Å². The van der Waals surface area contributed by atoms with E-state index in [-0.39, 0.29) is 11.2 Å². The number of benzene rings is 2. The van der Waals surface area contributed by atoms with Crippen LogP contribution >= 0.6 is 34.4 Å². The number of aromatic amines is 1. The molecule has 27 heavy (non-hydrogen) atoms. The van der Waals surface area contributed by atoms with Crippen molar-refractivity contribution in [3.05, 3.63) is 52.1 Å². The van der Waals surface area contributed by atoms with E-state index in [1.807, 2.05) is 55.5 Å². The van der Waals surface area contributed by atoms with Crippen LogP contribution in [0.1, 0.15) is 13.3 Å². The van der Waals surface area contributed by atoms with Crippen molar-refractivity contribution in [2.45, 2.75) is 23.8 Å². The maximum absolute atomic E-state index is 12.6. The molecule has 0 aliphatic rings. The Balaban J connectivity index is 1.54. The van der Waals surface area contributed by atoms with Crippen molar-refractivity contribution in [2.24, 2.45) is 0 Å². The van der Waals surface area contributed by atoms with Gasteiger partial charge in [-0.05, 0) is 59.3 Å². The van der Waals surface area contributed by atoms with Crippen LogP contribution in [0.4, 0.5) is 5.69 Å². The number of halogens is 1. The van der Waals surface area contributed by atoms with Crippen LogP contribution in [0.2, 0.25) is 0 Å². The number of rotatable bonds is 5. The predicted octanol–water partition coefficient (Wildman–Crippen LogP) is 4.62. The number of carbonyl (C=O) groups excluding carboxylic acids is 1. The summed E-state index contributed by atoms with van der Waals surface area (Å²) in [5.74, 6) is -0.0657. The fourth-order valence-electron chi connectivity index (χ4n) is 2.76. The number of nitrogens with one attached hydrogen (secondary N) is 2.